The molecular weight excluding hydrogens is 456 g/mol. The summed E-state index contributed by atoms with van der Waals surface area (Å²) in [5.41, 5.74) is 4.10. The molecule has 0 fully saturated rings. The SMILES string of the molecule is Cc1ccc(NCC(=O)N=Nc2c(O)n(Cc3ccccc3)c3ccc(Br)cc23)cc1. The van der Waals surface area contributed by atoms with Crippen LogP contribution in [-0.4, -0.2) is 22.1 Å². The van der Waals surface area contributed by atoms with Gasteiger partial charge in [0, 0.05) is 15.5 Å². The molecule has 6 nitrogen and oxygen atoms in total. The van der Waals surface area contributed by atoms with Gasteiger partial charge in [0.05, 0.1) is 18.6 Å². The molecule has 0 radical (unpaired) electrons. The number of anilines is 1. The second kappa shape index (κ2) is 9.14. The molecule has 1 amide bonds. The zero-order valence-electron chi connectivity index (χ0n) is 16.9. The Morgan fingerprint density at radius 1 is 1.06 bits per heavy atom. The topological polar surface area (TPSA) is 79.0 Å². The molecule has 0 saturated carbocycles. The molecule has 156 valence electrons. The first-order chi connectivity index (χ1) is 15.0. The number of carbonyl (C=O) groups excluding carboxylic acids is 1. The number of azo groups is 1. The van der Waals surface area contributed by atoms with Crippen molar-refractivity contribution in [3.63, 3.8) is 0 Å². The first-order valence-corrected chi connectivity index (χ1v) is 10.6. The van der Waals surface area contributed by atoms with Crippen LogP contribution in [0.2, 0.25) is 0 Å². The number of nitrogens with zero attached hydrogens (tertiary/aromatic N) is 3. The van der Waals surface area contributed by atoms with Crippen molar-refractivity contribution in [2.75, 3.05) is 11.9 Å². The molecule has 31 heavy (non-hydrogen) atoms. The van der Waals surface area contributed by atoms with Gasteiger partial charge in [0.1, 0.15) is 0 Å². The Kier molecular flexibility index (Phi) is 6.13. The van der Waals surface area contributed by atoms with Crippen molar-refractivity contribution < 1.29 is 9.90 Å². The smallest absolute Gasteiger partial charge is 0.283 e. The Balaban J connectivity index is 1.59. The van der Waals surface area contributed by atoms with Gasteiger partial charge in [-0.05, 0) is 42.8 Å². The van der Waals surface area contributed by atoms with Crippen molar-refractivity contribution >= 4 is 44.1 Å². The second-order valence-corrected chi connectivity index (χ2v) is 8.13. The molecule has 0 aliphatic heterocycles. The van der Waals surface area contributed by atoms with Gasteiger partial charge in [0.15, 0.2) is 5.69 Å². The van der Waals surface area contributed by atoms with E-state index in [1.165, 1.54) is 0 Å². The standard InChI is InChI=1S/C24H21BrN4O2/c1-16-7-10-19(11-8-16)26-14-22(30)27-28-23-20-13-18(25)9-12-21(20)29(24(23)31)15-17-5-3-2-4-6-17/h2-13,26,31H,14-15H2,1H3. The second-order valence-electron chi connectivity index (χ2n) is 7.22. The van der Waals surface area contributed by atoms with E-state index >= 15 is 0 Å². The summed E-state index contributed by atoms with van der Waals surface area (Å²) >= 11 is 3.46. The number of rotatable bonds is 6. The number of hydrogen-bond donors (Lipinski definition) is 2. The lowest BCUT2D eigenvalue weighted by Gasteiger charge is -2.07. The fourth-order valence-electron chi connectivity index (χ4n) is 3.31. The minimum Gasteiger partial charge on any atom is -0.493 e. The average molecular weight is 477 g/mol. The third kappa shape index (κ3) is 4.83. The van der Waals surface area contributed by atoms with Crippen LogP contribution in [0.3, 0.4) is 0 Å². The van der Waals surface area contributed by atoms with Gasteiger partial charge in [-0.3, -0.25) is 4.79 Å². The summed E-state index contributed by atoms with van der Waals surface area (Å²) in [6.07, 6.45) is 0. The van der Waals surface area contributed by atoms with Gasteiger partial charge in [-0.1, -0.05) is 64.0 Å². The molecule has 4 aromatic rings. The van der Waals surface area contributed by atoms with Crippen LogP contribution in [0.1, 0.15) is 11.1 Å². The molecule has 1 heterocycles. The van der Waals surface area contributed by atoms with Gasteiger partial charge in [-0.25, -0.2) is 0 Å². The highest BCUT2D eigenvalue weighted by Crippen LogP contribution is 2.40. The summed E-state index contributed by atoms with van der Waals surface area (Å²) in [5, 5.41) is 22.6. The number of nitrogens with one attached hydrogen (secondary N) is 1. The average Bonchev–Trinajstić information content (AvgIpc) is 3.02. The number of aryl methyl sites for hydroxylation is 1. The molecule has 1 aromatic heterocycles. The van der Waals surface area contributed by atoms with E-state index in [0.717, 1.165) is 26.8 Å². The highest BCUT2D eigenvalue weighted by Gasteiger charge is 2.17. The van der Waals surface area contributed by atoms with Gasteiger partial charge in [-0.15, -0.1) is 10.2 Å². The number of fused-ring (bicyclic) bond motifs is 1. The van der Waals surface area contributed by atoms with Gasteiger partial charge in [0.2, 0.25) is 5.88 Å². The number of aromatic nitrogens is 1. The molecular formula is C24H21BrN4O2. The predicted molar refractivity (Wildman–Crippen MR) is 126 cm³/mol. The highest BCUT2D eigenvalue weighted by molar-refractivity contribution is 9.10. The molecule has 0 atom stereocenters. The molecule has 2 N–H and O–H groups in total. The maximum absolute atomic E-state index is 12.2. The van der Waals surface area contributed by atoms with Crippen LogP contribution in [0, 0.1) is 6.92 Å². The van der Waals surface area contributed by atoms with Crippen molar-refractivity contribution in [1.82, 2.24) is 4.57 Å². The third-order valence-corrected chi connectivity index (χ3v) is 5.41. The molecule has 0 spiro atoms. The summed E-state index contributed by atoms with van der Waals surface area (Å²) in [6.45, 7) is 2.49. The number of hydrogen-bond acceptors (Lipinski definition) is 4. The van der Waals surface area contributed by atoms with Gasteiger partial charge < -0.3 is 15.0 Å². The normalized spacial score (nSPS) is 11.3. The summed E-state index contributed by atoms with van der Waals surface area (Å²) in [4.78, 5) is 12.2. The van der Waals surface area contributed by atoms with Crippen LogP contribution in [0.15, 0.2) is 87.5 Å². The molecule has 0 aliphatic rings. The van der Waals surface area contributed by atoms with Crippen molar-refractivity contribution in [2.24, 2.45) is 10.2 Å². The van der Waals surface area contributed by atoms with E-state index in [9.17, 15) is 9.90 Å². The Morgan fingerprint density at radius 2 is 1.81 bits per heavy atom. The zero-order chi connectivity index (χ0) is 21.8. The summed E-state index contributed by atoms with van der Waals surface area (Å²) in [5.74, 6) is -0.459. The van der Waals surface area contributed by atoms with E-state index in [4.69, 9.17) is 0 Å². The maximum atomic E-state index is 12.2. The Bertz CT molecular complexity index is 1250. The minimum absolute atomic E-state index is 0.0136. The molecule has 7 heteroatoms. The fourth-order valence-corrected chi connectivity index (χ4v) is 3.67. The molecule has 0 unspecified atom stereocenters. The number of aromatic hydroxyl groups is 1. The third-order valence-electron chi connectivity index (χ3n) is 4.91. The van der Waals surface area contributed by atoms with Crippen LogP contribution in [0.4, 0.5) is 11.4 Å². The highest BCUT2D eigenvalue weighted by atomic mass is 79.9. The van der Waals surface area contributed by atoms with Crippen LogP contribution in [-0.2, 0) is 11.3 Å². The Morgan fingerprint density at radius 3 is 2.55 bits per heavy atom. The molecule has 0 saturated heterocycles. The van der Waals surface area contributed by atoms with Crippen molar-refractivity contribution in [2.45, 2.75) is 13.5 Å². The summed E-state index contributed by atoms with van der Waals surface area (Å²) < 4.78 is 2.61. The van der Waals surface area contributed by atoms with E-state index in [-0.39, 0.29) is 18.1 Å². The first kappa shape index (κ1) is 20.8. The zero-order valence-corrected chi connectivity index (χ0v) is 18.5. The first-order valence-electron chi connectivity index (χ1n) is 9.81. The minimum atomic E-state index is -0.432. The predicted octanol–water partition coefficient (Wildman–Crippen LogP) is 6.19. The summed E-state index contributed by atoms with van der Waals surface area (Å²) in [6, 6.07) is 23.2. The van der Waals surface area contributed by atoms with Gasteiger partial charge in [-0.2, -0.15) is 0 Å². The van der Waals surface area contributed by atoms with Crippen molar-refractivity contribution in [3.05, 3.63) is 88.4 Å². The number of halogens is 1. The number of carbonyl (C=O) groups is 1. The quantitative estimate of drug-likeness (QED) is 0.325. The largest absolute Gasteiger partial charge is 0.493 e. The van der Waals surface area contributed by atoms with E-state index in [1.54, 1.807) is 4.57 Å². The lowest BCUT2D eigenvalue weighted by molar-refractivity contribution is -0.116. The number of benzene rings is 3. The van der Waals surface area contributed by atoms with E-state index in [2.05, 4.69) is 31.5 Å². The lowest BCUT2D eigenvalue weighted by atomic mass is 10.2. The lowest BCUT2D eigenvalue weighted by Crippen LogP contribution is -2.10. The van der Waals surface area contributed by atoms with Gasteiger partial charge in [0.25, 0.3) is 5.91 Å². The van der Waals surface area contributed by atoms with Crippen LogP contribution < -0.4 is 5.32 Å². The Hall–Kier alpha value is -3.45. The monoisotopic (exact) mass is 476 g/mol. The van der Waals surface area contributed by atoms with Crippen molar-refractivity contribution in [3.8, 4) is 5.88 Å². The molecule has 4 rings (SSSR count). The molecule has 3 aromatic carbocycles. The van der Waals surface area contributed by atoms with E-state index in [1.807, 2.05) is 79.7 Å². The van der Waals surface area contributed by atoms with Gasteiger partial charge >= 0.3 is 0 Å². The summed E-state index contributed by atoms with van der Waals surface area (Å²) in [7, 11) is 0. The number of amides is 1. The Labute approximate surface area is 188 Å². The fraction of sp³-hybridized carbons (Fsp3) is 0.125. The van der Waals surface area contributed by atoms with Crippen LogP contribution in [0.5, 0.6) is 5.88 Å². The van der Waals surface area contributed by atoms with E-state index < -0.39 is 5.91 Å². The van der Waals surface area contributed by atoms with Crippen molar-refractivity contribution in [1.29, 1.82) is 0 Å². The van der Waals surface area contributed by atoms with Crippen LogP contribution >= 0.6 is 15.9 Å². The van der Waals surface area contributed by atoms with E-state index in [0.29, 0.717) is 11.9 Å². The van der Waals surface area contributed by atoms with Crippen LogP contribution in [0.25, 0.3) is 10.9 Å². The molecule has 0 aliphatic carbocycles. The molecule has 0 bridgehead atoms. The maximum Gasteiger partial charge on any atom is 0.283 e.